The number of terminal acetylenes is 1. The predicted octanol–water partition coefficient (Wildman–Crippen LogP) is 4.81. The number of aromatic nitrogens is 2. The van der Waals surface area contributed by atoms with Crippen LogP contribution in [0.4, 0.5) is 0 Å². The number of pyridine rings is 2. The largest absolute Gasteiger partial charge is 0.481 e. The van der Waals surface area contributed by atoms with Gasteiger partial charge in [0.15, 0.2) is 0 Å². The SMILES string of the molecule is C#C.CC(C)(C)O.Cc1ccc2c(-c3ccc4c5c(ccnc35)CC4)c(CC(=O)O)n(C)c(=O)c2c1. The Kier molecular flexibility index (Phi) is 7.66. The number of hydrogen-bond donors (Lipinski definition) is 2. The standard InChI is InChI=1S/C24H20N2O3.C4H10O.C2H2/c1-13-3-7-16-18(11-13)24(29)26(2)19(12-20(27)28)22(16)17-8-6-14-4-5-15-9-10-25-23(17)21(14)15;1-4(2,3)5;1-2/h3,6-11H,4-5,12H2,1-2H3,(H,27,28);5H,1-3H3;1-2H. The van der Waals surface area contributed by atoms with Gasteiger partial charge >= 0.3 is 5.97 Å². The van der Waals surface area contributed by atoms with E-state index >= 15 is 0 Å². The summed E-state index contributed by atoms with van der Waals surface area (Å²) in [6.07, 6.45) is 11.6. The maximum absolute atomic E-state index is 13.0. The maximum atomic E-state index is 13.0. The number of aliphatic carboxylic acids is 1. The highest BCUT2D eigenvalue weighted by atomic mass is 16.4. The fraction of sp³-hybridized carbons (Fsp3) is 0.300. The zero-order valence-electron chi connectivity index (χ0n) is 21.4. The van der Waals surface area contributed by atoms with Crippen LogP contribution in [0.5, 0.6) is 0 Å². The quantitative estimate of drug-likeness (QED) is 0.407. The highest BCUT2D eigenvalue weighted by molar-refractivity contribution is 6.07. The minimum Gasteiger partial charge on any atom is -0.481 e. The minimum absolute atomic E-state index is 0.178. The van der Waals surface area contributed by atoms with E-state index in [1.807, 2.05) is 37.4 Å². The lowest BCUT2D eigenvalue weighted by Gasteiger charge is -2.18. The fourth-order valence-electron chi connectivity index (χ4n) is 4.63. The summed E-state index contributed by atoms with van der Waals surface area (Å²) in [6, 6.07) is 12.0. The predicted molar refractivity (Wildman–Crippen MR) is 145 cm³/mol. The first-order valence-electron chi connectivity index (χ1n) is 11.7. The zero-order valence-corrected chi connectivity index (χ0v) is 21.4. The summed E-state index contributed by atoms with van der Waals surface area (Å²) in [5.74, 6) is -0.966. The van der Waals surface area contributed by atoms with Crippen molar-refractivity contribution in [2.24, 2.45) is 7.05 Å². The van der Waals surface area contributed by atoms with E-state index in [2.05, 4.69) is 30.0 Å². The molecule has 2 aromatic heterocycles. The maximum Gasteiger partial charge on any atom is 0.309 e. The molecule has 5 rings (SSSR count). The Morgan fingerprint density at radius 3 is 2.28 bits per heavy atom. The third kappa shape index (κ3) is 5.32. The van der Waals surface area contributed by atoms with E-state index in [1.165, 1.54) is 21.1 Å². The van der Waals surface area contributed by atoms with Gasteiger partial charge in [-0.25, -0.2) is 0 Å². The van der Waals surface area contributed by atoms with E-state index in [9.17, 15) is 14.7 Å². The molecule has 6 nitrogen and oxygen atoms in total. The van der Waals surface area contributed by atoms with Gasteiger partial charge in [0.25, 0.3) is 5.56 Å². The van der Waals surface area contributed by atoms with Crippen molar-refractivity contribution in [1.29, 1.82) is 0 Å². The Labute approximate surface area is 211 Å². The monoisotopic (exact) mass is 484 g/mol. The molecule has 0 fully saturated rings. The summed E-state index contributed by atoms with van der Waals surface area (Å²) < 4.78 is 1.48. The molecule has 0 atom stereocenters. The van der Waals surface area contributed by atoms with E-state index in [1.54, 1.807) is 27.8 Å². The van der Waals surface area contributed by atoms with E-state index in [0.29, 0.717) is 11.1 Å². The Balaban J connectivity index is 0.000000463. The van der Waals surface area contributed by atoms with Crippen LogP contribution in [0.15, 0.2) is 47.4 Å². The highest BCUT2D eigenvalue weighted by Crippen LogP contribution is 2.39. The van der Waals surface area contributed by atoms with E-state index in [4.69, 9.17) is 5.11 Å². The lowest BCUT2D eigenvalue weighted by Crippen LogP contribution is -2.24. The normalized spacial score (nSPS) is 12.0. The van der Waals surface area contributed by atoms with Crippen LogP contribution in [0.25, 0.3) is 32.8 Å². The van der Waals surface area contributed by atoms with E-state index < -0.39 is 11.6 Å². The topological polar surface area (TPSA) is 92.4 Å². The molecule has 36 heavy (non-hydrogen) atoms. The Bertz CT molecular complexity index is 1520. The molecule has 2 N–H and O–H groups in total. The van der Waals surface area contributed by atoms with Gasteiger partial charge in [0.2, 0.25) is 0 Å². The first kappa shape index (κ1) is 26.7. The molecule has 0 aliphatic heterocycles. The highest BCUT2D eigenvalue weighted by Gasteiger charge is 2.23. The van der Waals surface area contributed by atoms with E-state index in [-0.39, 0.29) is 12.0 Å². The number of nitrogens with zero attached hydrogens (tertiary/aromatic N) is 2. The van der Waals surface area contributed by atoms with Crippen molar-refractivity contribution < 1.29 is 15.0 Å². The number of aryl methyl sites for hydroxylation is 3. The molecule has 0 saturated carbocycles. The third-order valence-electron chi connectivity index (χ3n) is 5.99. The second-order valence-electron chi connectivity index (χ2n) is 9.94. The van der Waals surface area contributed by atoms with Crippen molar-refractivity contribution >= 4 is 27.6 Å². The summed E-state index contributed by atoms with van der Waals surface area (Å²) >= 11 is 0. The second kappa shape index (κ2) is 10.3. The number of hydrogen-bond acceptors (Lipinski definition) is 4. The molecule has 2 heterocycles. The van der Waals surface area contributed by atoms with Crippen molar-refractivity contribution in [3.63, 3.8) is 0 Å². The molecule has 4 aromatic rings. The van der Waals surface area contributed by atoms with Crippen LogP contribution >= 0.6 is 0 Å². The number of fused-ring (bicyclic) bond motifs is 1. The molecule has 0 spiro atoms. The lowest BCUT2D eigenvalue weighted by molar-refractivity contribution is -0.136. The van der Waals surface area contributed by atoms with Crippen LogP contribution in [0.3, 0.4) is 0 Å². The van der Waals surface area contributed by atoms with Crippen LogP contribution < -0.4 is 5.56 Å². The third-order valence-corrected chi connectivity index (χ3v) is 5.99. The van der Waals surface area contributed by atoms with Gasteiger partial charge in [0, 0.05) is 40.8 Å². The Hall–Kier alpha value is -3.95. The molecule has 1 aliphatic rings. The average molecular weight is 485 g/mol. The summed E-state index contributed by atoms with van der Waals surface area (Å²) in [5.41, 5.74) is 5.91. The summed E-state index contributed by atoms with van der Waals surface area (Å²) in [4.78, 5) is 29.3. The van der Waals surface area contributed by atoms with E-state index in [0.717, 1.165) is 40.4 Å². The summed E-state index contributed by atoms with van der Waals surface area (Å²) in [5, 5.41) is 20.6. The van der Waals surface area contributed by atoms with Gasteiger partial charge in [-0.05, 0) is 69.2 Å². The molecule has 186 valence electrons. The first-order valence-corrected chi connectivity index (χ1v) is 11.7. The van der Waals surface area contributed by atoms with Crippen molar-refractivity contribution in [2.75, 3.05) is 0 Å². The van der Waals surface area contributed by atoms with Gasteiger partial charge in [-0.15, -0.1) is 12.8 Å². The van der Waals surface area contributed by atoms with Gasteiger partial charge < -0.3 is 14.8 Å². The lowest BCUT2D eigenvalue weighted by atomic mass is 9.92. The number of aliphatic hydroxyl groups is 1. The van der Waals surface area contributed by atoms with Crippen molar-refractivity contribution in [1.82, 2.24) is 9.55 Å². The van der Waals surface area contributed by atoms with Crippen LogP contribution in [0.1, 0.15) is 43.2 Å². The van der Waals surface area contributed by atoms with Gasteiger partial charge in [-0.3, -0.25) is 14.6 Å². The van der Waals surface area contributed by atoms with Gasteiger partial charge in [0.05, 0.1) is 17.5 Å². The number of carboxylic acids is 1. The molecule has 6 heteroatoms. The molecule has 2 aromatic carbocycles. The minimum atomic E-state index is -0.966. The molecular weight excluding hydrogens is 452 g/mol. The molecular formula is C30H32N2O4. The zero-order chi connectivity index (χ0) is 26.8. The average Bonchev–Trinajstić information content (AvgIpc) is 3.23. The molecule has 1 aliphatic carbocycles. The van der Waals surface area contributed by atoms with Crippen molar-refractivity contribution in [3.05, 3.63) is 75.3 Å². The smallest absolute Gasteiger partial charge is 0.309 e. The number of carbonyl (C=O) groups is 1. The van der Waals surface area contributed by atoms with Gasteiger partial charge in [-0.1, -0.05) is 29.8 Å². The van der Waals surface area contributed by atoms with Crippen molar-refractivity contribution in [2.45, 2.75) is 52.6 Å². The van der Waals surface area contributed by atoms with Crippen LogP contribution in [0, 0.1) is 19.8 Å². The van der Waals surface area contributed by atoms with Crippen LogP contribution in [-0.2, 0) is 31.1 Å². The molecule has 0 radical (unpaired) electrons. The first-order chi connectivity index (χ1) is 17.0. The molecule has 0 bridgehead atoms. The summed E-state index contributed by atoms with van der Waals surface area (Å²) in [7, 11) is 1.65. The molecule has 0 amide bonds. The van der Waals surface area contributed by atoms with Crippen LogP contribution in [0.2, 0.25) is 0 Å². The Morgan fingerprint density at radius 1 is 1.06 bits per heavy atom. The number of benzene rings is 2. The number of rotatable bonds is 3. The molecule has 0 saturated heterocycles. The van der Waals surface area contributed by atoms with Gasteiger partial charge in [-0.2, -0.15) is 0 Å². The van der Waals surface area contributed by atoms with Gasteiger partial charge in [0.1, 0.15) is 0 Å². The number of carboxylic acid groups (broad SMARTS) is 1. The molecule has 0 unspecified atom stereocenters. The van der Waals surface area contributed by atoms with Crippen molar-refractivity contribution in [3.8, 4) is 24.0 Å². The summed E-state index contributed by atoms with van der Waals surface area (Å²) in [6.45, 7) is 7.18. The Morgan fingerprint density at radius 2 is 1.67 bits per heavy atom. The second-order valence-corrected chi connectivity index (χ2v) is 9.94. The fourth-order valence-corrected chi connectivity index (χ4v) is 4.63. The van der Waals surface area contributed by atoms with Crippen LogP contribution in [-0.4, -0.2) is 31.3 Å².